The smallest absolute Gasteiger partial charge is 0.124 e. The van der Waals surface area contributed by atoms with E-state index >= 15 is 0 Å². The van der Waals surface area contributed by atoms with Crippen LogP contribution in [0.4, 0.5) is 0 Å². The Labute approximate surface area is 107 Å². The van der Waals surface area contributed by atoms with Gasteiger partial charge in [0.1, 0.15) is 5.82 Å². The van der Waals surface area contributed by atoms with Crippen molar-refractivity contribution in [1.82, 2.24) is 14.5 Å². The van der Waals surface area contributed by atoms with E-state index in [2.05, 4.69) is 27.4 Å². The highest BCUT2D eigenvalue weighted by molar-refractivity contribution is 5.77. The topological polar surface area (TPSA) is 44.9 Å². The van der Waals surface area contributed by atoms with Crippen LogP contribution in [0, 0.1) is 11.3 Å². The lowest BCUT2D eigenvalue weighted by Gasteiger charge is -2.11. The summed E-state index contributed by atoms with van der Waals surface area (Å²) in [5.41, 5.74) is 2.70. The van der Waals surface area contributed by atoms with E-state index in [1.165, 1.54) is 0 Å². The van der Waals surface area contributed by atoms with Gasteiger partial charge in [-0.25, -0.2) is 4.98 Å². The second kappa shape index (κ2) is 5.19. The average molecular weight is 242 g/mol. The summed E-state index contributed by atoms with van der Waals surface area (Å²) >= 11 is 0. The first-order valence-electron chi connectivity index (χ1n) is 6.19. The molecule has 2 aromatic rings. The molecule has 0 aliphatic rings. The number of imidazole rings is 1. The Balaban J connectivity index is 2.55. The first-order valence-corrected chi connectivity index (χ1v) is 6.19. The summed E-state index contributed by atoms with van der Waals surface area (Å²) in [7, 11) is 4.08. The maximum absolute atomic E-state index is 8.93. The van der Waals surface area contributed by atoms with Gasteiger partial charge in [-0.15, -0.1) is 0 Å². The summed E-state index contributed by atoms with van der Waals surface area (Å²) in [6, 6.07) is 7.88. The van der Waals surface area contributed by atoms with E-state index in [1.807, 2.05) is 32.3 Å². The van der Waals surface area contributed by atoms with Crippen molar-refractivity contribution in [2.45, 2.75) is 26.4 Å². The highest BCUT2D eigenvalue weighted by Crippen LogP contribution is 2.19. The molecule has 0 N–H and O–H groups in total. The van der Waals surface area contributed by atoms with Crippen LogP contribution in [0.25, 0.3) is 11.0 Å². The maximum atomic E-state index is 8.93. The van der Waals surface area contributed by atoms with Gasteiger partial charge in [-0.1, -0.05) is 6.92 Å². The lowest BCUT2D eigenvalue weighted by Crippen LogP contribution is -2.15. The largest absolute Gasteiger partial charge is 0.327 e. The summed E-state index contributed by atoms with van der Waals surface area (Å²) in [5.74, 6) is 1.06. The van der Waals surface area contributed by atoms with Crippen LogP contribution in [0.1, 0.15) is 24.7 Å². The SMILES string of the molecule is CCCn1c(CN(C)C)nc2cc(C#N)ccc21. The fraction of sp³-hybridized carbons (Fsp3) is 0.429. The molecule has 1 aromatic heterocycles. The second-order valence-electron chi connectivity index (χ2n) is 4.73. The van der Waals surface area contributed by atoms with Crippen molar-refractivity contribution < 1.29 is 0 Å². The Morgan fingerprint density at radius 2 is 2.17 bits per heavy atom. The van der Waals surface area contributed by atoms with Crippen molar-refractivity contribution in [2.75, 3.05) is 14.1 Å². The van der Waals surface area contributed by atoms with Crippen LogP contribution in [0.2, 0.25) is 0 Å². The fourth-order valence-corrected chi connectivity index (χ4v) is 2.13. The Morgan fingerprint density at radius 3 is 2.78 bits per heavy atom. The van der Waals surface area contributed by atoms with E-state index in [-0.39, 0.29) is 0 Å². The zero-order chi connectivity index (χ0) is 13.1. The monoisotopic (exact) mass is 242 g/mol. The fourth-order valence-electron chi connectivity index (χ4n) is 2.13. The standard InChI is InChI=1S/C14H18N4/c1-4-7-18-13-6-5-11(9-15)8-12(13)16-14(18)10-17(2)3/h5-6,8H,4,7,10H2,1-3H3. The molecule has 0 fully saturated rings. The quantitative estimate of drug-likeness (QED) is 0.827. The number of fused-ring (bicyclic) bond motifs is 1. The molecule has 2 rings (SSSR count). The lowest BCUT2D eigenvalue weighted by atomic mass is 10.2. The summed E-state index contributed by atoms with van der Waals surface area (Å²) < 4.78 is 2.25. The van der Waals surface area contributed by atoms with Crippen molar-refractivity contribution in [3.05, 3.63) is 29.6 Å². The van der Waals surface area contributed by atoms with Crippen LogP contribution >= 0.6 is 0 Å². The highest BCUT2D eigenvalue weighted by atomic mass is 15.2. The van der Waals surface area contributed by atoms with Gasteiger partial charge in [-0.3, -0.25) is 0 Å². The second-order valence-corrected chi connectivity index (χ2v) is 4.73. The Morgan fingerprint density at radius 1 is 1.39 bits per heavy atom. The molecule has 0 atom stereocenters. The molecule has 0 saturated carbocycles. The molecule has 0 radical (unpaired) electrons. The summed E-state index contributed by atoms with van der Waals surface area (Å²) in [6.07, 6.45) is 1.08. The van der Waals surface area contributed by atoms with Crippen LogP contribution in [0.3, 0.4) is 0 Å². The van der Waals surface area contributed by atoms with Crippen molar-refractivity contribution >= 4 is 11.0 Å². The predicted octanol–water partition coefficient (Wildman–Crippen LogP) is 2.38. The summed E-state index contributed by atoms with van der Waals surface area (Å²) in [5, 5.41) is 8.93. The Kier molecular flexibility index (Phi) is 3.63. The van der Waals surface area contributed by atoms with Crippen molar-refractivity contribution in [1.29, 1.82) is 5.26 Å². The number of nitriles is 1. The van der Waals surface area contributed by atoms with E-state index < -0.39 is 0 Å². The molecule has 18 heavy (non-hydrogen) atoms. The first kappa shape index (κ1) is 12.6. The number of hydrogen-bond acceptors (Lipinski definition) is 3. The zero-order valence-electron chi connectivity index (χ0n) is 11.1. The van der Waals surface area contributed by atoms with E-state index in [9.17, 15) is 0 Å². The number of hydrogen-bond donors (Lipinski definition) is 0. The number of aromatic nitrogens is 2. The third-order valence-corrected chi connectivity index (χ3v) is 2.86. The van der Waals surface area contributed by atoms with Gasteiger partial charge in [0, 0.05) is 6.54 Å². The molecule has 0 spiro atoms. The molecular weight excluding hydrogens is 224 g/mol. The number of aryl methyl sites for hydroxylation is 1. The van der Waals surface area contributed by atoms with Crippen molar-refractivity contribution in [3.8, 4) is 6.07 Å². The van der Waals surface area contributed by atoms with Gasteiger partial charge in [-0.2, -0.15) is 5.26 Å². The van der Waals surface area contributed by atoms with Gasteiger partial charge < -0.3 is 9.47 Å². The third-order valence-electron chi connectivity index (χ3n) is 2.86. The van der Waals surface area contributed by atoms with Gasteiger partial charge in [0.05, 0.1) is 29.2 Å². The van der Waals surface area contributed by atoms with E-state index in [0.717, 1.165) is 36.4 Å². The van der Waals surface area contributed by atoms with E-state index in [4.69, 9.17) is 5.26 Å². The van der Waals surface area contributed by atoms with Crippen LogP contribution < -0.4 is 0 Å². The van der Waals surface area contributed by atoms with Gasteiger partial charge in [0.2, 0.25) is 0 Å². The van der Waals surface area contributed by atoms with Gasteiger partial charge in [0.15, 0.2) is 0 Å². The third kappa shape index (κ3) is 2.36. The van der Waals surface area contributed by atoms with Crippen LogP contribution in [0.5, 0.6) is 0 Å². The molecule has 0 bridgehead atoms. The molecule has 0 unspecified atom stereocenters. The average Bonchev–Trinajstić information content (AvgIpc) is 2.66. The van der Waals surface area contributed by atoms with Crippen molar-refractivity contribution in [3.63, 3.8) is 0 Å². The number of benzene rings is 1. The highest BCUT2D eigenvalue weighted by Gasteiger charge is 2.11. The normalized spacial score (nSPS) is 11.1. The predicted molar refractivity (Wildman–Crippen MR) is 72.1 cm³/mol. The minimum Gasteiger partial charge on any atom is -0.327 e. The minimum atomic E-state index is 0.667. The van der Waals surface area contributed by atoms with Crippen LogP contribution in [-0.2, 0) is 13.1 Å². The lowest BCUT2D eigenvalue weighted by molar-refractivity contribution is 0.381. The minimum absolute atomic E-state index is 0.667. The Bertz CT molecular complexity index is 590. The zero-order valence-corrected chi connectivity index (χ0v) is 11.1. The van der Waals surface area contributed by atoms with Gasteiger partial charge in [-0.05, 0) is 38.7 Å². The number of nitrogens with zero attached hydrogens (tertiary/aromatic N) is 4. The molecular formula is C14H18N4. The van der Waals surface area contributed by atoms with Crippen LogP contribution in [0.15, 0.2) is 18.2 Å². The number of rotatable bonds is 4. The molecule has 1 aromatic carbocycles. The van der Waals surface area contributed by atoms with Gasteiger partial charge in [0.25, 0.3) is 0 Å². The summed E-state index contributed by atoms with van der Waals surface area (Å²) in [6.45, 7) is 3.94. The molecule has 0 aliphatic heterocycles. The molecule has 94 valence electrons. The van der Waals surface area contributed by atoms with Crippen LogP contribution in [-0.4, -0.2) is 28.5 Å². The van der Waals surface area contributed by atoms with Crippen molar-refractivity contribution in [2.24, 2.45) is 0 Å². The molecule has 0 amide bonds. The molecule has 1 heterocycles. The maximum Gasteiger partial charge on any atom is 0.124 e. The van der Waals surface area contributed by atoms with Gasteiger partial charge >= 0.3 is 0 Å². The molecule has 0 saturated heterocycles. The molecule has 4 nitrogen and oxygen atoms in total. The Hall–Kier alpha value is -1.86. The van der Waals surface area contributed by atoms with E-state index in [1.54, 1.807) is 0 Å². The molecule has 4 heteroatoms. The van der Waals surface area contributed by atoms with E-state index in [0.29, 0.717) is 5.56 Å². The first-order chi connectivity index (χ1) is 8.65. The molecule has 0 aliphatic carbocycles. The summed E-state index contributed by atoms with van der Waals surface area (Å²) in [4.78, 5) is 6.76.